The molecule has 0 spiro atoms. The van der Waals surface area contributed by atoms with Gasteiger partial charge in [-0.3, -0.25) is 0 Å². The van der Waals surface area contributed by atoms with Crippen LogP contribution in [-0.2, 0) is 11.2 Å². The van der Waals surface area contributed by atoms with E-state index in [9.17, 15) is 18.0 Å². The van der Waals surface area contributed by atoms with Gasteiger partial charge in [-0.05, 0) is 6.42 Å². The van der Waals surface area contributed by atoms with Gasteiger partial charge in [-0.1, -0.05) is 0 Å². The molecule has 0 saturated carbocycles. The van der Waals surface area contributed by atoms with Crippen molar-refractivity contribution >= 4 is 17.5 Å². The molecule has 0 bridgehead atoms. The number of ether oxygens (including phenoxy) is 2. The summed E-state index contributed by atoms with van der Waals surface area (Å²) in [6.45, 7) is 0.204. The summed E-state index contributed by atoms with van der Waals surface area (Å²) in [5, 5.41) is 0. The first-order valence-corrected chi connectivity index (χ1v) is 7.43. The van der Waals surface area contributed by atoms with Crippen LogP contribution < -0.4 is 21.1 Å². The van der Waals surface area contributed by atoms with E-state index in [0.29, 0.717) is 30.2 Å². The zero-order valence-corrected chi connectivity index (χ0v) is 12.7. The number of amides is 1. The van der Waals surface area contributed by atoms with Crippen molar-refractivity contribution in [1.29, 1.82) is 0 Å². The second-order valence-electron chi connectivity index (χ2n) is 5.88. The number of primary amides is 1. The van der Waals surface area contributed by atoms with Crippen molar-refractivity contribution < 1.29 is 27.4 Å². The Balaban J connectivity index is 1.94. The number of fused-ring (bicyclic) bond motifs is 1. The van der Waals surface area contributed by atoms with Crippen molar-refractivity contribution in [2.75, 3.05) is 30.3 Å². The van der Waals surface area contributed by atoms with Gasteiger partial charge in [0, 0.05) is 18.5 Å². The standard InChI is InChI=1S/C14H17F3N4O3/c15-14(16,17)7-3-8(24-13(19)22)6-21(5-7)11-9-1-2-23-12(9)20-4-10(11)18/h4,7-8H,1-3,5-6,18H2,(H2,19,22)/t7-,8+/m1/s1. The molecule has 7 nitrogen and oxygen atoms in total. The minimum atomic E-state index is -4.42. The van der Waals surface area contributed by atoms with E-state index in [2.05, 4.69) is 4.98 Å². The Kier molecular flexibility index (Phi) is 4.06. The van der Waals surface area contributed by atoms with E-state index >= 15 is 0 Å². The van der Waals surface area contributed by atoms with Crippen molar-refractivity contribution in [3.05, 3.63) is 11.8 Å². The largest absolute Gasteiger partial charge is 0.477 e. The Morgan fingerprint density at radius 3 is 2.83 bits per heavy atom. The lowest BCUT2D eigenvalue weighted by atomic mass is 9.94. The summed E-state index contributed by atoms with van der Waals surface area (Å²) in [4.78, 5) is 16.5. The first-order chi connectivity index (χ1) is 11.3. The van der Waals surface area contributed by atoms with Gasteiger partial charge in [-0.25, -0.2) is 9.78 Å². The molecule has 3 rings (SSSR count). The molecule has 132 valence electrons. The number of pyridine rings is 1. The average Bonchev–Trinajstić information content (AvgIpc) is 2.93. The van der Waals surface area contributed by atoms with E-state index in [4.69, 9.17) is 20.9 Å². The number of aromatic nitrogens is 1. The number of rotatable bonds is 2. The lowest BCUT2D eigenvalue weighted by Gasteiger charge is -2.40. The van der Waals surface area contributed by atoms with E-state index < -0.39 is 24.3 Å². The second-order valence-corrected chi connectivity index (χ2v) is 5.88. The fraction of sp³-hybridized carbons (Fsp3) is 0.571. The fourth-order valence-electron chi connectivity index (χ4n) is 3.24. The molecule has 2 aliphatic heterocycles. The molecule has 0 unspecified atom stereocenters. The summed E-state index contributed by atoms with van der Waals surface area (Å²) in [6, 6.07) is 0. The third-order valence-corrected chi connectivity index (χ3v) is 4.20. The SMILES string of the molecule is NC(=O)O[C@H]1C[C@@H](C(F)(F)F)CN(c2c(N)cnc3c2CCO3)C1. The molecule has 0 aromatic carbocycles. The number of hydrogen-bond acceptors (Lipinski definition) is 6. The summed E-state index contributed by atoms with van der Waals surface area (Å²) in [7, 11) is 0. The molecule has 1 saturated heterocycles. The Morgan fingerprint density at radius 1 is 1.42 bits per heavy atom. The summed E-state index contributed by atoms with van der Waals surface area (Å²) < 4.78 is 49.9. The molecular formula is C14H17F3N4O3. The molecule has 3 heterocycles. The molecule has 24 heavy (non-hydrogen) atoms. The molecule has 1 aromatic rings. The molecule has 0 radical (unpaired) electrons. The summed E-state index contributed by atoms with van der Waals surface area (Å²) in [6.07, 6.45) is -4.93. The van der Waals surface area contributed by atoms with Crippen LogP contribution in [0.1, 0.15) is 12.0 Å². The number of anilines is 2. The van der Waals surface area contributed by atoms with E-state index in [0.717, 1.165) is 0 Å². The highest BCUT2D eigenvalue weighted by Gasteiger charge is 2.46. The zero-order chi connectivity index (χ0) is 17.5. The minimum Gasteiger partial charge on any atom is -0.477 e. The van der Waals surface area contributed by atoms with Crippen LogP contribution in [0, 0.1) is 5.92 Å². The zero-order valence-electron chi connectivity index (χ0n) is 12.7. The average molecular weight is 346 g/mol. The molecule has 1 aromatic heterocycles. The van der Waals surface area contributed by atoms with Crippen molar-refractivity contribution in [3.8, 4) is 5.88 Å². The normalized spacial score (nSPS) is 23.5. The number of carbonyl (C=O) groups excluding carboxylic acids is 1. The molecule has 10 heteroatoms. The maximum atomic E-state index is 13.2. The number of nitrogen functional groups attached to an aromatic ring is 1. The van der Waals surface area contributed by atoms with Gasteiger partial charge >= 0.3 is 12.3 Å². The van der Waals surface area contributed by atoms with Crippen LogP contribution in [0.25, 0.3) is 0 Å². The van der Waals surface area contributed by atoms with Crippen molar-refractivity contribution in [2.45, 2.75) is 25.1 Å². The van der Waals surface area contributed by atoms with Gasteiger partial charge in [0.1, 0.15) is 6.10 Å². The number of nitrogens with two attached hydrogens (primary N) is 2. The van der Waals surface area contributed by atoms with Gasteiger partial charge in [0.15, 0.2) is 0 Å². The highest BCUT2D eigenvalue weighted by molar-refractivity contribution is 5.74. The smallest absolute Gasteiger partial charge is 0.404 e. The Morgan fingerprint density at radius 2 is 2.17 bits per heavy atom. The van der Waals surface area contributed by atoms with Gasteiger partial charge < -0.3 is 25.8 Å². The summed E-state index contributed by atoms with van der Waals surface area (Å²) in [5.41, 5.74) is 12.3. The summed E-state index contributed by atoms with van der Waals surface area (Å²) in [5.74, 6) is -1.28. The molecule has 1 amide bonds. The van der Waals surface area contributed by atoms with Crippen LogP contribution in [-0.4, -0.2) is 43.1 Å². The van der Waals surface area contributed by atoms with Crippen LogP contribution in [0.2, 0.25) is 0 Å². The minimum absolute atomic E-state index is 0.0795. The number of piperidine rings is 1. The van der Waals surface area contributed by atoms with Gasteiger partial charge in [0.25, 0.3) is 0 Å². The Labute approximate surface area is 135 Å². The predicted molar refractivity (Wildman–Crippen MR) is 78.7 cm³/mol. The number of nitrogens with zero attached hydrogens (tertiary/aromatic N) is 2. The lowest BCUT2D eigenvalue weighted by molar-refractivity contribution is -0.182. The van der Waals surface area contributed by atoms with E-state index in [1.807, 2.05) is 0 Å². The first kappa shape index (κ1) is 16.5. The number of carbonyl (C=O) groups is 1. The molecular weight excluding hydrogens is 329 g/mol. The first-order valence-electron chi connectivity index (χ1n) is 7.43. The molecule has 0 aliphatic carbocycles. The van der Waals surface area contributed by atoms with Gasteiger partial charge in [-0.2, -0.15) is 13.2 Å². The van der Waals surface area contributed by atoms with Crippen LogP contribution in [0.3, 0.4) is 0 Å². The molecule has 2 aliphatic rings. The predicted octanol–water partition coefficient (Wildman–Crippen LogP) is 1.45. The highest BCUT2D eigenvalue weighted by Crippen LogP contribution is 2.41. The number of halogens is 3. The van der Waals surface area contributed by atoms with Crippen molar-refractivity contribution in [3.63, 3.8) is 0 Å². The van der Waals surface area contributed by atoms with Gasteiger partial charge in [0.05, 0.1) is 36.6 Å². The Hall–Kier alpha value is -2.39. The lowest BCUT2D eigenvalue weighted by Crippen LogP contribution is -2.50. The van der Waals surface area contributed by atoms with Gasteiger partial charge in [-0.15, -0.1) is 0 Å². The van der Waals surface area contributed by atoms with Crippen LogP contribution in [0.4, 0.5) is 29.3 Å². The fourth-order valence-corrected chi connectivity index (χ4v) is 3.24. The van der Waals surface area contributed by atoms with Crippen LogP contribution in [0.5, 0.6) is 5.88 Å². The number of alkyl halides is 3. The van der Waals surface area contributed by atoms with Crippen LogP contribution in [0.15, 0.2) is 6.20 Å². The maximum Gasteiger partial charge on any atom is 0.404 e. The third kappa shape index (κ3) is 3.13. The van der Waals surface area contributed by atoms with E-state index in [-0.39, 0.29) is 25.2 Å². The summed E-state index contributed by atoms with van der Waals surface area (Å²) >= 11 is 0. The van der Waals surface area contributed by atoms with Crippen LogP contribution >= 0.6 is 0 Å². The van der Waals surface area contributed by atoms with Gasteiger partial charge in [0.2, 0.25) is 5.88 Å². The maximum absolute atomic E-state index is 13.2. The third-order valence-electron chi connectivity index (χ3n) is 4.20. The monoisotopic (exact) mass is 346 g/mol. The second kappa shape index (κ2) is 5.91. The van der Waals surface area contributed by atoms with E-state index in [1.54, 1.807) is 0 Å². The highest BCUT2D eigenvalue weighted by atomic mass is 19.4. The molecule has 1 fully saturated rings. The van der Waals surface area contributed by atoms with E-state index in [1.165, 1.54) is 11.1 Å². The Bertz CT molecular complexity index is 653. The molecule has 4 N–H and O–H groups in total. The topological polar surface area (TPSA) is 104 Å². The van der Waals surface area contributed by atoms with Crippen molar-refractivity contribution in [1.82, 2.24) is 4.98 Å². The quantitative estimate of drug-likeness (QED) is 0.840. The molecule has 2 atom stereocenters. The number of hydrogen-bond donors (Lipinski definition) is 2. The van der Waals surface area contributed by atoms with Crippen molar-refractivity contribution in [2.24, 2.45) is 11.7 Å².